The molecule has 0 bridgehead atoms. The van der Waals surface area contributed by atoms with Crippen LogP contribution in [0.2, 0.25) is 0 Å². The molecule has 4 aliphatic rings. The van der Waals surface area contributed by atoms with Crippen LogP contribution in [-0.4, -0.2) is 56.8 Å². The molecule has 41 heavy (non-hydrogen) atoms. The Labute approximate surface area is 234 Å². The lowest BCUT2D eigenvalue weighted by Gasteiger charge is -2.31. The fourth-order valence-corrected chi connectivity index (χ4v) is 6.72. The summed E-state index contributed by atoms with van der Waals surface area (Å²) in [5.74, 6) is -1.22. The van der Waals surface area contributed by atoms with Crippen molar-refractivity contribution in [3.63, 3.8) is 0 Å². The molecular weight excluding hydrogens is 530 g/mol. The number of amides is 1. The summed E-state index contributed by atoms with van der Waals surface area (Å²) in [4.78, 5) is 58.7. The van der Waals surface area contributed by atoms with Gasteiger partial charge in [-0.1, -0.05) is 13.3 Å². The number of rotatable bonds is 4. The van der Waals surface area contributed by atoms with E-state index < -0.39 is 23.6 Å². The number of fused-ring (bicyclic) bond motifs is 6. The number of hydrogen-bond acceptors (Lipinski definition) is 9. The molecule has 0 unspecified atom stereocenters. The molecule has 2 aromatic heterocycles. The number of ether oxygens (including phenoxy) is 3. The standard InChI is InChI=1S/C30H29N3O8/c1-2-18-19-10-16(34)8-9-23(19)31-26-20(18)12-33-24(26)11-22-21(27(33)36)14-39-28(37)30(22)15-32(29(38)41-30)13-25(35)40-17-6-4-3-5-7-17/h8-11,17,34H,2-7,12-15H2,1H3/t30-/m0/s1. The van der Waals surface area contributed by atoms with E-state index >= 15 is 0 Å². The van der Waals surface area contributed by atoms with Crippen LogP contribution < -0.4 is 5.56 Å². The monoisotopic (exact) mass is 559 g/mol. The molecule has 1 spiro atoms. The summed E-state index contributed by atoms with van der Waals surface area (Å²) in [7, 11) is 0. The van der Waals surface area contributed by atoms with Crippen molar-refractivity contribution in [2.24, 2.45) is 0 Å². The highest BCUT2D eigenvalue weighted by Crippen LogP contribution is 2.43. The van der Waals surface area contributed by atoms with Crippen molar-refractivity contribution in [1.82, 2.24) is 14.5 Å². The molecule has 1 atom stereocenters. The summed E-state index contributed by atoms with van der Waals surface area (Å²) in [6.45, 7) is 1.38. The number of cyclic esters (lactones) is 1. The smallest absolute Gasteiger partial charge is 0.412 e. The van der Waals surface area contributed by atoms with Crippen molar-refractivity contribution in [3.8, 4) is 17.1 Å². The van der Waals surface area contributed by atoms with E-state index in [1.807, 2.05) is 6.92 Å². The zero-order chi connectivity index (χ0) is 28.5. The fraction of sp³-hybridized carbons (Fsp3) is 0.433. The second-order valence-corrected chi connectivity index (χ2v) is 11.2. The zero-order valence-electron chi connectivity index (χ0n) is 22.6. The molecule has 3 aromatic rings. The second-order valence-electron chi connectivity index (χ2n) is 11.2. The van der Waals surface area contributed by atoms with Crippen LogP contribution in [0.25, 0.3) is 22.3 Å². The number of benzene rings is 1. The first kappa shape index (κ1) is 25.6. The van der Waals surface area contributed by atoms with Gasteiger partial charge in [-0.2, -0.15) is 0 Å². The van der Waals surface area contributed by atoms with Crippen LogP contribution in [0.5, 0.6) is 5.75 Å². The molecule has 7 rings (SSSR count). The maximum absolute atomic E-state index is 13.8. The SMILES string of the molecule is CCc1c2c(nc3ccc(O)cc13)-c1cc3c(c(=O)n1C2)COC(=O)[C@]31CN(CC(=O)OC2CCCCC2)C(=O)O1. The van der Waals surface area contributed by atoms with Gasteiger partial charge in [0.05, 0.1) is 35.6 Å². The Hall–Kier alpha value is -4.41. The Morgan fingerprint density at radius 1 is 1.15 bits per heavy atom. The zero-order valence-corrected chi connectivity index (χ0v) is 22.6. The van der Waals surface area contributed by atoms with Crippen molar-refractivity contribution < 1.29 is 33.7 Å². The summed E-state index contributed by atoms with van der Waals surface area (Å²) < 4.78 is 18.2. The lowest BCUT2D eigenvalue weighted by atomic mass is 9.87. The molecule has 11 nitrogen and oxygen atoms in total. The predicted molar refractivity (Wildman–Crippen MR) is 144 cm³/mol. The van der Waals surface area contributed by atoms with E-state index in [0.717, 1.165) is 53.5 Å². The number of carbonyl (C=O) groups is 3. The predicted octanol–water partition coefficient (Wildman–Crippen LogP) is 3.27. The molecule has 1 amide bonds. The molecule has 1 aromatic carbocycles. The van der Waals surface area contributed by atoms with Gasteiger partial charge < -0.3 is 23.9 Å². The summed E-state index contributed by atoms with van der Waals surface area (Å²) >= 11 is 0. The van der Waals surface area contributed by atoms with Gasteiger partial charge in [-0.15, -0.1) is 0 Å². The van der Waals surface area contributed by atoms with Crippen LogP contribution in [0.15, 0.2) is 29.1 Å². The van der Waals surface area contributed by atoms with Crippen molar-refractivity contribution in [1.29, 1.82) is 0 Å². The molecule has 1 aliphatic carbocycles. The van der Waals surface area contributed by atoms with E-state index in [2.05, 4.69) is 0 Å². The normalized spacial score (nSPS) is 21.4. The minimum atomic E-state index is -1.89. The second kappa shape index (κ2) is 9.32. The van der Waals surface area contributed by atoms with Crippen molar-refractivity contribution in [3.05, 3.63) is 56.9 Å². The highest BCUT2D eigenvalue weighted by molar-refractivity contribution is 5.92. The molecular formula is C30H29N3O8. The molecule has 212 valence electrons. The number of hydrogen-bond donors (Lipinski definition) is 1. The maximum atomic E-state index is 13.8. The van der Waals surface area contributed by atoms with E-state index in [9.17, 15) is 24.3 Å². The van der Waals surface area contributed by atoms with Gasteiger partial charge in [0.15, 0.2) is 0 Å². The molecule has 1 saturated heterocycles. The third-order valence-corrected chi connectivity index (χ3v) is 8.72. The van der Waals surface area contributed by atoms with Crippen molar-refractivity contribution in [2.75, 3.05) is 13.1 Å². The van der Waals surface area contributed by atoms with E-state index in [1.54, 1.807) is 28.8 Å². The van der Waals surface area contributed by atoms with Crippen molar-refractivity contribution >= 4 is 28.9 Å². The molecule has 5 heterocycles. The van der Waals surface area contributed by atoms with Gasteiger partial charge in [-0.3, -0.25) is 14.5 Å². The number of pyridine rings is 2. The average molecular weight is 560 g/mol. The van der Waals surface area contributed by atoms with E-state index in [4.69, 9.17) is 19.2 Å². The van der Waals surface area contributed by atoms with Gasteiger partial charge in [-0.05, 0) is 61.9 Å². The lowest BCUT2D eigenvalue weighted by molar-refractivity contribution is -0.167. The average Bonchev–Trinajstić information content (AvgIpc) is 3.48. The third-order valence-electron chi connectivity index (χ3n) is 8.72. The van der Waals surface area contributed by atoms with Gasteiger partial charge in [0.2, 0.25) is 0 Å². The van der Waals surface area contributed by atoms with Crippen LogP contribution in [-0.2, 0) is 49.0 Å². The quantitative estimate of drug-likeness (QED) is 0.295. The van der Waals surface area contributed by atoms with Crippen LogP contribution in [0.1, 0.15) is 61.3 Å². The van der Waals surface area contributed by atoms with Gasteiger partial charge in [0.25, 0.3) is 11.2 Å². The number of phenolic OH excluding ortho intramolecular Hbond substituents is 1. The number of carbonyl (C=O) groups excluding carboxylic acids is 3. The minimum Gasteiger partial charge on any atom is -0.508 e. The number of aromatic nitrogens is 2. The summed E-state index contributed by atoms with van der Waals surface area (Å²) in [5.41, 5.74) is 1.84. The Morgan fingerprint density at radius 2 is 1.95 bits per heavy atom. The fourth-order valence-electron chi connectivity index (χ4n) is 6.72. The minimum absolute atomic E-state index is 0.130. The first-order valence-corrected chi connectivity index (χ1v) is 14.1. The van der Waals surface area contributed by atoms with Crippen LogP contribution >= 0.6 is 0 Å². The van der Waals surface area contributed by atoms with Gasteiger partial charge in [0.1, 0.15) is 25.0 Å². The highest BCUT2D eigenvalue weighted by atomic mass is 16.6. The Bertz CT molecular complexity index is 1710. The number of phenols is 1. The van der Waals surface area contributed by atoms with E-state index in [0.29, 0.717) is 23.3 Å². The molecule has 1 N–H and O–H groups in total. The number of aryl methyl sites for hydroxylation is 1. The number of nitrogens with zero attached hydrogens (tertiary/aromatic N) is 3. The number of esters is 2. The molecule has 11 heteroatoms. The van der Waals surface area contributed by atoms with E-state index in [-0.39, 0.29) is 54.8 Å². The maximum Gasteiger partial charge on any atom is 0.412 e. The molecule has 2 fully saturated rings. The Kier molecular flexibility index (Phi) is 5.81. The molecule has 0 radical (unpaired) electrons. The third kappa shape index (κ3) is 3.89. The van der Waals surface area contributed by atoms with Gasteiger partial charge in [-0.25, -0.2) is 14.6 Å². The van der Waals surface area contributed by atoms with Gasteiger partial charge >= 0.3 is 18.0 Å². The van der Waals surface area contributed by atoms with Crippen molar-refractivity contribution in [2.45, 2.75) is 70.3 Å². The van der Waals surface area contributed by atoms with Crippen LogP contribution in [0.3, 0.4) is 0 Å². The summed E-state index contributed by atoms with van der Waals surface area (Å²) in [6, 6.07) is 6.66. The summed E-state index contributed by atoms with van der Waals surface area (Å²) in [6.07, 6.45) is 4.31. The molecule has 3 aliphatic heterocycles. The lowest BCUT2D eigenvalue weighted by Crippen LogP contribution is -2.48. The van der Waals surface area contributed by atoms with Gasteiger partial charge in [0, 0.05) is 16.5 Å². The number of aromatic hydroxyl groups is 1. The first-order chi connectivity index (χ1) is 19.8. The Morgan fingerprint density at radius 3 is 2.73 bits per heavy atom. The summed E-state index contributed by atoms with van der Waals surface area (Å²) in [5, 5.41) is 10.9. The largest absolute Gasteiger partial charge is 0.508 e. The van der Waals surface area contributed by atoms with E-state index in [1.165, 1.54) is 0 Å². The van der Waals surface area contributed by atoms with Crippen LogP contribution in [0, 0.1) is 0 Å². The molecule has 1 saturated carbocycles. The topological polar surface area (TPSA) is 137 Å². The highest BCUT2D eigenvalue weighted by Gasteiger charge is 2.58. The first-order valence-electron chi connectivity index (χ1n) is 14.1. The Balaban J connectivity index is 1.27. The van der Waals surface area contributed by atoms with Crippen LogP contribution in [0.4, 0.5) is 4.79 Å².